The Kier molecular flexibility index (Phi) is 3.60. The van der Waals surface area contributed by atoms with Crippen LogP contribution in [0.3, 0.4) is 0 Å². The summed E-state index contributed by atoms with van der Waals surface area (Å²) in [5, 5.41) is 1.06. The molecule has 1 atom stereocenters. The zero-order valence-corrected chi connectivity index (χ0v) is 10.9. The minimum Gasteiger partial charge on any atom is -0.458 e. The van der Waals surface area contributed by atoms with Crippen molar-refractivity contribution in [3.8, 4) is 11.8 Å². The summed E-state index contributed by atoms with van der Waals surface area (Å²) in [5.74, 6) is 5.37. The van der Waals surface area contributed by atoms with Gasteiger partial charge in [0, 0.05) is 24.2 Å². The highest BCUT2D eigenvalue weighted by molar-refractivity contribution is 7.93. The Bertz CT molecular complexity index is 564. The molecule has 0 radical (unpaired) electrons. The van der Waals surface area contributed by atoms with Crippen LogP contribution in [0.2, 0.25) is 0 Å². The van der Waals surface area contributed by atoms with Crippen LogP contribution in [0.4, 0.5) is 0 Å². The smallest absolute Gasteiger partial charge is 0.230 e. The molecule has 5 heteroatoms. The van der Waals surface area contributed by atoms with Crippen LogP contribution in [-0.2, 0) is 19.3 Å². The van der Waals surface area contributed by atoms with Crippen molar-refractivity contribution in [3.05, 3.63) is 35.5 Å². The minimum atomic E-state index is -3.11. The largest absolute Gasteiger partial charge is 0.458 e. The number of ether oxygens (including phenoxy) is 2. The summed E-state index contributed by atoms with van der Waals surface area (Å²) < 4.78 is 32.7. The molecule has 4 nitrogen and oxygen atoms in total. The fourth-order valence-corrected chi connectivity index (χ4v) is 2.04. The van der Waals surface area contributed by atoms with E-state index in [2.05, 4.69) is 11.8 Å². The topological polar surface area (TPSA) is 52.6 Å². The molecule has 1 spiro atoms. The van der Waals surface area contributed by atoms with E-state index in [1.165, 1.54) is 6.08 Å². The monoisotopic (exact) mass is 266 g/mol. The molecule has 0 aromatic heterocycles. The minimum absolute atomic E-state index is 0.587. The number of sulfone groups is 1. The first-order valence-corrected chi connectivity index (χ1v) is 7.55. The molecule has 96 valence electrons. The molecule has 2 rings (SSSR count). The summed E-state index contributed by atoms with van der Waals surface area (Å²) in [6.45, 7) is 0.709. The molecule has 1 unspecified atom stereocenters. The zero-order chi connectivity index (χ0) is 13.1. The third-order valence-electron chi connectivity index (χ3n) is 2.50. The second-order valence-corrected chi connectivity index (χ2v) is 6.10. The summed E-state index contributed by atoms with van der Waals surface area (Å²) in [7, 11) is -3.11. The third-order valence-corrected chi connectivity index (χ3v) is 3.13. The van der Waals surface area contributed by atoms with E-state index in [0.29, 0.717) is 12.4 Å². The Hall–Kier alpha value is -1.51. The number of rotatable bonds is 1. The van der Waals surface area contributed by atoms with E-state index in [4.69, 9.17) is 9.47 Å². The second-order valence-electron chi connectivity index (χ2n) is 4.17. The van der Waals surface area contributed by atoms with Gasteiger partial charge in [0.1, 0.15) is 5.76 Å². The Balaban J connectivity index is 1.95. The van der Waals surface area contributed by atoms with Crippen LogP contribution >= 0.6 is 0 Å². The van der Waals surface area contributed by atoms with Gasteiger partial charge in [-0.05, 0) is 24.6 Å². The molecule has 0 N–H and O–H groups in total. The lowest BCUT2D eigenvalue weighted by Gasteiger charge is -2.20. The van der Waals surface area contributed by atoms with Gasteiger partial charge in [0.15, 0.2) is 9.84 Å². The van der Waals surface area contributed by atoms with Gasteiger partial charge in [-0.2, -0.15) is 0 Å². The van der Waals surface area contributed by atoms with E-state index in [9.17, 15) is 8.42 Å². The molecular formula is C13H14O4S. The van der Waals surface area contributed by atoms with Crippen molar-refractivity contribution in [1.29, 1.82) is 0 Å². The predicted molar refractivity (Wildman–Crippen MR) is 68.0 cm³/mol. The fraction of sp³-hybridized carbons (Fsp3) is 0.385. The van der Waals surface area contributed by atoms with E-state index in [1.807, 2.05) is 12.2 Å². The van der Waals surface area contributed by atoms with E-state index in [-0.39, 0.29) is 0 Å². The van der Waals surface area contributed by atoms with Crippen LogP contribution in [-0.4, -0.2) is 27.1 Å². The highest BCUT2D eigenvalue weighted by Crippen LogP contribution is 2.35. The molecule has 2 aliphatic heterocycles. The van der Waals surface area contributed by atoms with Gasteiger partial charge >= 0.3 is 0 Å². The first-order chi connectivity index (χ1) is 8.49. The quantitative estimate of drug-likeness (QED) is 0.675. The zero-order valence-electron chi connectivity index (χ0n) is 10.0. The summed E-state index contributed by atoms with van der Waals surface area (Å²) >= 11 is 0. The van der Waals surface area contributed by atoms with Crippen molar-refractivity contribution in [2.75, 3.05) is 12.9 Å². The van der Waals surface area contributed by atoms with Gasteiger partial charge < -0.3 is 9.47 Å². The van der Waals surface area contributed by atoms with Crippen LogP contribution in [0.15, 0.2) is 35.5 Å². The lowest BCUT2D eigenvalue weighted by Crippen LogP contribution is -2.24. The van der Waals surface area contributed by atoms with Crippen molar-refractivity contribution >= 4 is 9.84 Å². The first-order valence-electron chi connectivity index (χ1n) is 5.59. The molecular weight excluding hydrogens is 252 g/mol. The van der Waals surface area contributed by atoms with Gasteiger partial charge in [0.25, 0.3) is 0 Å². The normalized spacial score (nSPS) is 28.8. The van der Waals surface area contributed by atoms with Crippen LogP contribution in [0, 0.1) is 11.8 Å². The third kappa shape index (κ3) is 3.49. The van der Waals surface area contributed by atoms with Crippen LogP contribution < -0.4 is 0 Å². The SMILES string of the molecule is CS(=O)(=O)/C=C\C#C/C=C1\C=CC2(CCCO2)O1. The van der Waals surface area contributed by atoms with Crippen LogP contribution in [0.1, 0.15) is 12.8 Å². The summed E-state index contributed by atoms with van der Waals surface area (Å²) in [4.78, 5) is 0. The maximum atomic E-state index is 10.8. The molecule has 0 aromatic carbocycles. The van der Waals surface area contributed by atoms with Gasteiger partial charge in [-0.15, -0.1) is 0 Å². The standard InChI is InChI=1S/C13H14O4S/c1-18(14,15)11-4-2-3-6-12-7-9-13(17-12)8-5-10-16-13/h4,6-7,9,11H,5,8,10H2,1H3/b11-4-,12-6+. The highest BCUT2D eigenvalue weighted by Gasteiger charge is 2.38. The van der Waals surface area contributed by atoms with E-state index >= 15 is 0 Å². The molecule has 0 bridgehead atoms. The molecule has 0 amide bonds. The molecule has 0 aliphatic carbocycles. The molecule has 0 aromatic rings. The van der Waals surface area contributed by atoms with E-state index in [1.54, 1.807) is 6.08 Å². The lowest BCUT2D eigenvalue weighted by molar-refractivity contribution is -0.135. The van der Waals surface area contributed by atoms with E-state index in [0.717, 1.165) is 24.5 Å². The molecule has 1 saturated heterocycles. The van der Waals surface area contributed by atoms with Gasteiger partial charge in [-0.1, -0.05) is 11.8 Å². The van der Waals surface area contributed by atoms with Gasteiger partial charge in [0.2, 0.25) is 5.79 Å². The molecule has 2 heterocycles. The Morgan fingerprint density at radius 2 is 2.28 bits per heavy atom. The summed E-state index contributed by atoms with van der Waals surface area (Å²) in [5.41, 5.74) is 0. The van der Waals surface area contributed by atoms with Crippen molar-refractivity contribution in [1.82, 2.24) is 0 Å². The number of hydrogen-bond donors (Lipinski definition) is 0. The maximum absolute atomic E-state index is 10.8. The Morgan fingerprint density at radius 1 is 1.44 bits per heavy atom. The van der Waals surface area contributed by atoms with Crippen LogP contribution in [0.25, 0.3) is 0 Å². The maximum Gasteiger partial charge on any atom is 0.230 e. The lowest BCUT2D eigenvalue weighted by atomic mass is 10.2. The highest BCUT2D eigenvalue weighted by atomic mass is 32.2. The number of allylic oxidation sites excluding steroid dienone is 3. The van der Waals surface area contributed by atoms with Crippen molar-refractivity contribution in [2.45, 2.75) is 18.6 Å². The predicted octanol–water partition coefficient (Wildman–Crippen LogP) is 1.53. The Morgan fingerprint density at radius 3 is 2.94 bits per heavy atom. The molecule has 0 saturated carbocycles. The molecule has 2 aliphatic rings. The van der Waals surface area contributed by atoms with Gasteiger partial charge in [-0.25, -0.2) is 8.42 Å². The number of hydrogen-bond acceptors (Lipinski definition) is 4. The van der Waals surface area contributed by atoms with Crippen molar-refractivity contribution in [3.63, 3.8) is 0 Å². The Labute approximate surface area is 107 Å². The van der Waals surface area contributed by atoms with E-state index < -0.39 is 15.6 Å². The fourth-order valence-electron chi connectivity index (χ4n) is 1.72. The average molecular weight is 266 g/mol. The van der Waals surface area contributed by atoms with Gasteiger partial charge in [0.05, 0.1) is 6.61 Å². The summed E-state index contributed by atoms with van der Waals surface area (Å²) in [6, 6.07) is 0. The average Bonchev–Trinajstić information content (AvgIpc) is 2.88. The second kappa shape index (κ2) is 5.01. The molecule has 1 fully saturated rings. The summed E-state index contributed by atoms with van der Waals surface area (Å²) in [6.07, 6.45) is 9.56. The van der Waals surface area contributed by atoms with Crippen LogP contribution in [0.5, 0.6) is 0 Å². The molecule has 18 heavy (non-hydrogen) atoms. The van der Waals surface area contributed by atoms with Crippen molar-refractivity contribution in [2.24, 2.45) is 0 Å². The first kappa shape index (κ1) is 12.9. The van der Waals surface area contributed by atoms with Crippen molar-refractivity contribution < 1.29 is 17.9 Å². The van der Waals surface area contributed by atoms with Gasteiger partial charge in [-0.3, -0.25) is 0 Å².